The number of nitrogens with zero attached hydrogens (tertiary/aromatic N) is 7. The zero-order valence-corrected chi connectivity index (χ0v) is 29.7. The highest BCUT2D eigenvalue weighted by molar-refractivity contribution is 7.88. The fourth-order valence-electron chi connectivity index (χ4n) is 9.60. The molecule has 5 aliphatic rings. The Hall–Kier alpha value is -2.64. The van der Waals surface area contributed by atoms with Gasteiger partial charge in [-0.15, -0.1) is 0 Å². The summed E-state index contributed by atoms with van der Waals surface area (Å²) < 4.78 is 28.6. The number of rotatable bonds is 6. The van der Waals surface area contributed by atoms with E-state index in [0.717, 1.165) is 91.8 Å². The van der Waals surface area contributed by atoms with Crippen molar-refractivity contribution >= 4 is 55.9 Å². The molecule has 2 bridgehead atoms. The minimum atomic E-state index is -3.18. The molecule has 5 fully saturated rings. The summed E-state index contributed by atoms with van der Waals surface area (Å²) in [6, 6.07) is 2.76. The van der Waals surface area contributed by atoms with Gasteiger partial charge in [0.05, 0.1) is 34.1 Å². The molecule has 1 saturated carbocycles. The number of likely N-dealkylation sites (tertiary alicyclic amines) is 2. The Bertz CT molecular complexity index is 1910. The molecular weight excluding hydrogens is 659 g/mol. The molecule has 252 valence electrons. The van der Waals surface area contributed by atoms with Crippen LogP contribution in [-0.2, 0) is 14.8 Å². The first kappa shape index (κ1) is 31.6. The Balaban J connectivity index is 1.12. The van der Waals surface area contributed by atoms with E-state index in [1.54, 1.807) is 4.31 Å². The van der Waals surface area contributed by atoms with Crippen molar-refractivity contribution in [1.82, 2.24) is 34.1 Å². The van der Waals surface area contributed by atoms with E-state index in [9.17, 15) is 13.2 Å². The predicted octanol–water partition coefficient (Wildman–Crippen LogP) is 4.86. The van der Waals surface area contributed by atoms with Gasteiger partial charge in [-0.25, -0.2) is 8.42 Å². The maximum Gasteiger partial charge on any atom is 0.245 e. The lowest BCUT2D eigenvalue weighted by molar-refractivity contribution is -0.149. The van der Waals surface area contributed by atoms with E-state index in [-0.39, 0.29) is 35.0 Å². The number of sulfonamides is 1. The highest BCUT2D eigenvalue weighted by atomic mass is 35.5. The van der Waals surface area contributed by atoms with Crippen LogP contribution in [0.3, 0.4) is 0 Å². The van der Waals surface area contributed by atoms with E-state index >= 15 is 0 Å². The van der Waals surface area contributed by atoms with Gasteiger partial charge in [-0.1, -0.05) is 29.8 Å². The summed E-state index contributed by atoms with van der Waals surface area (Å²) in [4.78, 5) is 19.0. The van der Waals surface area contributed by atoms with Gasteiger partial charge in [0.2, 0.25) is 15.9 Å². The number of halogens is 2. The molecule has 1 aliphatic carbocycles. The summed E-state index contributed by atoms with van der Waals surface area (Å²) in [5.74, 6) is 0.903. The summed E-state index contributed by atoms with van der Waals surface area (Å²) in [7, 11) is -3.18. The van der Waals surface area contributed by atoms with Crippen LogP contribution < -0.4 is 4.90 Å². The standard InChI is InChI=1S/C33H42Cl2N8O3S/c1-6-27(44)39-17-33(18-39)12-23(13-33)43-19(2)28(29-24-14-36-37-26(24)10-25(34)30(29)35)31(38-43)41-8-7-20(11-32(41,3)4)40-15-22-9-21(40)16-42(22)47(5,45)46/h6,10,14,20-23H,1,7-9,11-13,15-18H2,2-5H3,(H,36,37)/t20?,21-,22-/m1/s1. The van der Waals surface area contributed by atoms with Crippen molar-refractivity contribution in [3.63, 3.8) is 0 Å². The van der Waals surface area contributed by atoms with Gasteiger partial charge in [0, 0.05) is 84.0 Å². The largest absolute Gasteiger partial charge is 0.349 e. The number of H-pyrrole nitrogens is 1. The van der Waals surface area contributed by atoms with Crippen LogP contribution in [0, 0.1) is 12.3 Å². The molecule has 1 spiro atoms. The zero-order valence-electron chi connectivity index (χ0n) is 27.3. The van der Waals surface area contributed by atoms with Crippen molar-refractivity contribution in [2.45, 2.75) is 82.6 Å². The lowest BCUT2D eigenvalue weighted by atomic mass is 9.60. The van der Waals surface area contributed by atoms with Crippen LogP contribution in [0.5, 0.6) is 0 Å². The van der Waals surface area contributed by atoms with Crippen LogP contribution in [0.1, 0.15) is 57.7 Å². The fraction of sp³-hybridized carbons (Fsp3) is 0.606. The van der Waals surface area contributed by atoms with Crippen molar-refractivity contribution in [2.75, 3.05) is 43.9 Å². The van der Waals surface area contributed by atoms with Gasteiger partial charge in [-0.3, -0.25) is 19.5 Å². The molecule has 3 aromatic rings. The molecule has 1 aromatic carbocycles. The number of hydrogen-bond donors (Lipinski definition) is 1. The fourth-order valence-corrected chi connectivity index (χ4v) is 11.2. The third-order valence-electron chi connectivity index (χ3n) is 11.8. The van der Waals surface area contributed by atoms with Crippen LogP contribution in [0.15, 0.2) is 24.9 Å². The van der Waals surface area contributed by atoms with Gasteiger partial charge in [-0.2, -0.15) is 14.5 Å². The Kier molecular flexibility index (Phi) is 7.18. The Labute approximate surface area is 285 Å². The molecule has 1 unspecified atom stereocenters. The van der Waals surface area contributed by atoms with E-state index in [1.165, 1.54) is 12.3 Å². The lowest BCUT2D eigenvalue weighted by Gasteiger charge is -2.58. The topological polar surface area (TPSA) is 111 Å². The number of aromatic amines is 1. The number of benzene rings is 1. The summed E-state index contributed by atoms with van der Waals surface area (Å²) >= 11 is 13.8. The number of piperazine rings is 1. The van der Waals surface area contributed by atoms with Gasteiger partial charge in [0.25, 0.3) is 0 Å². The van der Waals surface area contributed by atoms with E-state index in [0.29, 0.717) is 22.6 Å². The van der Waals surface area contributed by atoms with Crippen LogP contribution in [0.25, 0.3) is 22.0 Å². The Morgan fingerprint density at radius 2 is 1.83 bits per heavy atom. The SMILES string of the molecule is C=CC(=O)N1CC2(CC(n3nc(N4CCC(N5C[C@H]6C[C@@H]5CN6S(C)(=O)=O)CC4(C)C)c(-c4c(Cl)c(Cl)cc5[nH]ncc45)c3C)C2)C1. The van der Waals surface area contributed by atoms with Crippen LogP contribution in [0.4, 0.5) is 5.82 Å². The monoisotopic (exact) mass is 700 g/mol. The first-order valence-corrected chi connectivity index (χ1v) is 19.1. The van der Waals surface area contributed by atoms with Gasteiger partial charge >= 0.3 is 0 Å². The minimum absolute atomic E-state index is 0.00115. The summed E-state index contributed by atoms with van der Waals surface area (Å²) in [5.41, 5.74) is 3.60. The number of fused-ring (bicyclic) bond motifs is 3. The number of aromatic nitrogens is 4. The Morgan fingerprint density at radius 3 is 2.47 bits per heavy atom. The molecule has 4 aliphatic heterocycles. The van der Waals surface area contributed by atoms with E-state index in [2.05, 4.69) is 52.0 Å². The second-order valence-electron chi connectivity index (χ2n) is 15.3. The lowest BCUT2D eigenvalue weighted by Crippen LogP contribution is -2.63. The summed E-state index contributed by atoms with van der Waals surface area (Å²) in [6.07, 6.45) is 9.28. The smallest absolute Gasteiger partial charge is 0.245 e. The maximum atomic E-state index is 12.3. The molecule has 6 heterocycles. The molecule has 2 aromatic heterocycles. The Morgan fingerprint density at radius 1 is 1.09 bits per heavy atom. The van der Waals surface area contributed by atoms with Gasteiger partial charge in [0.1, 0.15) is 0 Å². The zero-order chi connectivity index (χ0) is 33.2. The highest BCUT2D eigenvalue weighted by Gasteiger charge is 2.55. The number of carbonyl (C=O) groups is 1. The van der Waals surface area contributed by atoms with Gasteiger partial charge in [0.15, 0.2) is 5.82 Å². The van der Waals surface area contributed by atoms with Crippen molar-refractivity contribution in [2.24, 2.45) is 5.41 Å². The average molecular weight is 702 g/mol. The van der Waals surface area contributed by atoms with Crippen LogP contribution in [0.2, 0.25) is 10.0 Å². The summed E-state index contributed by atoms with van der Waals surface area (Å²) in [5, 5.41) is 14.7. The molecule has 0 radical (unpaired) electrons. The third kappa shape index (κ3) is 4.87. The molecule has 47 heavy (non-hydrogen) atoms. The second kappa shape index (κ2) is 10.7. The maximum absolute atomic E-state index is 12.3. The van der Waals surface area contributed by atoms with E-state index < -0.39 is 10.0 Å². The molecule has 8 rings (SSSR count). The van der Waals surface area contributed by atoms with Crippen LogP contribution in [-0.4, -0.2) is 111 Å². The van der Waals surface area contributed by atoms with Crippen LogP contribution >= 0.6 is 23.2 Å². The third-order valence-corrected chi connectivity index (χ3v) is 13.9. The van der Waals surface area contributed by atoms with Gasteiger partial charge in [-0.05, 0) is 65.0 Å². The molecule has 14 heteroatoms. The van der Waals surface area contributed by atoms with Crippen molar-refractivity contribution in [3.8, 4) is 11.1 Å². The number of hydrogen-bond acceptors (Lipinski definition) is 7. The van der Waals surface area contributed by atoms with Crippen molar-refractivity contribution in [3.05, 3.63) is 40.7 Å². The highest BCUT2D eigenvalue weighted by Crippen LogP contribution is 2.56. The average Bonchev–Trinajstić information content (AvgIpc) is 3.76. The van der Waals surface area contributed by atoms with E-state index in [1.807, 2.05) is 17.2 Å². The van der Waals surface area contributed by atoms with Gasteiger partial charge < -0.3 is 9.80 Å². The first-order valence-electron chi connectivity index (χ1n) is 16.5. The molecule has 3 atom stereocenters. The molecular formula is C33H42Cl2N8O3S. The van der Waals surface area contributed by atoms with Crippen molar-refractivity contribution in [1.29, 1.82) is 0 Å². The predicted molar refractivity (Wildman–Crippen MR) is 184 cm³/mol. The normalized spacial score (nSPS) is 27.5. The van der Waals surface area contributed by atoms with E-state index in [4.69, 9.17) is 28.3 Å². The first-order chi connectivity index (χ1) is 22.2. The quantitative estimate of drug-likeness (QED) is 0.366. The number of anilines is 1. The minimum Gasteiger partial charge on any atom is -0.349 e. The second-order valence-corrected chi connectivity index (χ2v) is 18.0. The number of piperidine rings is 1. The number of carbonyl (C=O) groups excluding carboxylic acids is 1. The number of nitrogens with one attached hydrogen (secondary N) is 1. The molecule has 4 saturated heterocycles. The molecule has 1 N–H and O–H groups in total. The van der Waals surface area contributed by atoms with Crippen molar-refractivity contribution < 1.29 is 13.2 Å². The molecule has 11 nitrogen and oxygen atoms in total. The number of amides is 1. The molecule has 1 amide bonds. The summed E-state index contributed by atoms with van der Waals surface area (Å²) in [6.45, 7) is 14.1.